The normalized spacial score (nSPS) is 8.90. The van der Waals surface area contributed by atoms with Gasteiger partial charge in [0.1, 0.15) is 6.61 Å². The molecule has 10 heavy (non-hydrogen) atoms. The van der Waals surface area contributed by atoms with Crippen LogP contribution in [0.5, 0.6) is 0 Å². The molecule has 0 spiro atoms. The van der Waals surface area contributed by atoms with E-state index < -0.39 is 5.97 Å². The fourth-order valence-corrected chi connectivity index (χ4v) is 0.459. The summed E-state index contributed by atoms with van der Waals surface area (Å²) in [5, 5.41) is 0. The molecule has 5 heteroatoms. The average molecular weight is 252 g/mol. The van der Waals surface area contributed by atoms with Gasteiger partial charge < -0.3 is 10.3 Å². The molecule has 0 aromatic rings. The third-order valence-electron chi connectivity index (χ3n) is 0.574. The van der Waals surface area contributed by atoms with Gasteiger partial charge >= 0.3 is 12.2 Å². The van der Waals surface area contributed by atoms with E-state index in [1.807, 2.05) is 22.6 Å². The first kappa shape index (κ1) is 9.32. The zero-order valence-electron chi connectivity index (χ0n) is 5.03. The van der Waals surface area contributed by atoms with Gasteiger partial charge in [-0.3, -0.25) is 0 Å². The van der Waals surface area contributed by atoms with Crippen LogP contribution in [0.15, 0.2) is 10.2 Å². The van der Waals surface area contributed by atoms with Crippen LogP contribution in [0, 0.1) is 0 Å². The summed E-state index contributed by atoms with van der Waals surface area (Å²) in [4.78, 5) is 12.8. The van der Waals surface area contributed by atoms with Crippen molar-refractivity contribution in [2.75, 3.05) is 6.61 Å². The summed E-state index contributed by atoms with van der Waals surface area (Å²) in [5.74, 6) is -0.656. The largest absolute Gasteiger partial charge is 0.453 e. The molecule has 0 radical (unpaired) electrons. The first-order valence-corrected chi connectivity index (χ1v) is 3.65. The van der Waals surface area contributed by atoms with Gasteiger partial charge in [0.25, 0.3) is 0 Å². The van der Waals surface area contributed by atoms with E-state index in [2.05, 4.69) is 9.53 Å². The number of halogens is 1. The second-order valence-electron chi connectivity index (χ2n) is 1.24. The molecule has 0 aromatic heterocycles. The molecular weight excluding hydrogens is 247 g/mol. The van der Waals surface area contributed by atoms with Crippen molar-refractivity contribution in [2.24, 2.45) is 0 Å². The van der Waals surface area contributed by atoms with Crippen molar-refractivity contribution in [2.45, 2.75) is 0 Å². The number of hydrogen-bond acceptors (Lipinski definition) is 2. The van der Waals surface area contributed by atoms with Crippen LogP contribution in [0.25, 0.3) is 5.53 Å². The van der Waals surface area contributed by atoms with Crippen LogP contribution < -0.4 is 0 Å². The number of rotatable bonds is 3. The van der Waals surface area contributed by atoms with Crippen LogP contribution in [-0.2, 0) is 9.53 Å². The number of hydrogen-bond donors (Lipinski definition) is 0. The van der Waals surface area contributed by atoms with Crippen molar-refractivity contribution in [1.29, 1.82) is 0 Å². The Morgan fingerprint density at radius 3 is 3.00 bits per heavy atom. The summed E-state index contributed by atoms with van der Waals surface area (Å²) < 4.78 is 6.21. The Morgan fingerprint density at radius 1 is 1.80 bits per heavy atom. The summed E-state index contributed by atoms with van der Waals surface area (Å²) in [6.07, 6.45) is 2.35. The van der Waals surface area contributed by atoms with Crippen molar-refractivity contribution in [1.82, 2.24) is 0 Å². The Labute approximate surface area is 71.6 Å². The van der Waals surface area contributed by atoms with Gasteiger partial charge in [-0.1, -0.05) is 22.6 Å². The lowest BCUT2D eigenvalue weighted by Gasteiger charge is -1.89. The summed E-state index contributed by atoms with van der Waals surface area (Å²) in [7, 11) is 0. The molecule has 0 atom stereocenters. The summed E-state index contributed by atoms with van der Waals surface area (Å²) >= 11 is 2.00. The fraction of sp³-hybridized carbons (Fsp3) is 0.200. The number of nitrogens with zero attached hydrogens (tertiary/aromatic N) is 2. The number of esters is 1. The number of carbonyl (C=O) groups excluding carboxylic acids is 1. The van der Waals surface area contributed by atoms with Crippen LogP contribution in [0.1, 0.15) is 0 Å². The van der Waals surface area contributed by atoms with E-state index >= 15 is 0 Å². The van der Waals surface area contributed by atoms with E-state index in [0.717, 1.165) is 0 Å². The number of carbonyl (C=O) groups is 1. The van der Waals surface area contributed by atoms with Crippen LogP contribution in [0.4, 0.5) is 0 Å². The highest BCUT2D eigenvalue weighted by Crippen LogP contribution is 1.84. The molecule has 0 N–H and O–H groups in total. The fourth-order valence-electron chi connectivity index (χ4n) is 0.251. The smallest absolute Gasteiger partial charge is 0.413 e. The molecule has 0 unspecified atom stereocenters. The SMILES string of the molecule is [N-]=[N+]=CC(=O)OC/C=C/I. The molecule has 0 saturated heterocycles. The van der Waals surface area contributed by atoms with Crippen molar-refractivity contribution in [3.8, 4) is 0 Å². The van der Waals surface area contributed by atoms with Crippen molar-refractivity contribution >= 4 is 34.8 Å². The minimum absolute atomic E-state index is 0.202. The van der Waals surface area contributed by atoms with Gasteiger partial charge in [-0.2, -0.15) is 4.79 Å². The third-order valence-corrected chi connectivity index (χ3v) is 1.08. The standard InChI is InChI=1S/C5H5IN2O2/c6-2-1-3-10-5(9)4-8-7/h1-2,4H,3H2/b2-1+. The highest BCUT2D eigenvalue weighted by Gasteiger charge is 1.98. The Bertz CT molecular complexity index is 184. The second kappa shape index (κ2) is 6.44. The predicted molar refractivity (Wildman–Crippen MR) is 43.8 cm³/mol. The monoisotopic (exact) mass is 252 g/mol. The van der Waals surface area contributed by atoms with Crippen LogP contribution in [-0.4, -0.2) is 23.6 Å². The van der Waals surface area contributed by atoms with Gasteiger partial charge in [-0.15, -0.1) is 0 Å². The Balaban J connectivity index is 3.49. The molecule has 0 aromatic carbocycles. The molecule has 0 rings (SSSR count). The quantitative estimate of drug-likeness (QED) is 0.245. The van der Waals surface area contributed by atoms with Gasteiger partial charge in [0.15, 0.2) is 0 Å². The third kappa shape index (κ3) is 5.46. The molecule has 54 valence electrons. The van der Waals surface area contributed by atoms with Crippen LogP contribution in [0.3, 0.4) is 0 Å². The van der Waals surface area contributed by atoms with E-state index in [0.29, 0.717) is 6.21 Å². The summed E-state index contributed by atoms with van der Waals surface area (Å²) in [5.41, 5.74) is 7.84. The van der Waals surface area contributed by atoms with Gasteiger partial charge in [0.2, 0.25) is 0 Å². The van der Waals surface area contributed by atoms with E-state index in [1.54, 1.807) is 10.2 Å². The number of ether oxygens (including phenoxy) is 1. The minimum atomic E-state index is -0.656. The van der Waals surface area contributed by atoms with Gasteiger partial charge in [0.05, 0.1) is 0 Å². The molecule has 0 aliphatic rings. The van der Waals surface area contributed by atoms with E-state index in [1.165, 1.54) is 0 Å². The molecule has 0 amide bonds. The topological polar surface area (TPSA) is 62.7 Å². The maximum absolute atomic E-state index is 10.4. The molecule has 0 heterocycles. The zero-order valence-corrected chi connectivity index (χ0v) is 7.19. The van der Waals surface area contributed by atoms with E-state index in [-0.39, 0.29) is 6.61 Å². The van der Waals surface area contributed by atoms with Gasteiger partial charge in [-0.25, -0.2) is 4.79 Å². The lowest BCUT2D eigenvalue weighted by molar-refractivity contribution is -0.137. The van der Waals surface area contributed by atoms with Gasteiger partial charge in [0, 0.05) is 0 Å². The van der Waals surface area contributed by atoms with Crippen molar-refractivity contribution in [3.05, 3.63) is 15.7 Å². The first-order valence-electron chi connectivity index (χ1n) is 2.40. The maximum Gasteiger partial charge on any atom is 0.413 e. The molecule has 0 bridgehead atoms. The van der Waals surface area contributed by atoms with Crippen molar-refractivity contribution < 1.29 is 14.3 Å². The van der Waals surface area contributed by atoms with E-state index in [9.17, 15) is 4.79 Å². The summed E-state index contributed by atoms with van der Waals surface area (Å²) in [6.45, 7) is 0.202. The lowest BCUT2D eigenvalue weighted by atomic mass is 10.7. The highest BCUT2D eigenvalue weighted by atomic mass is 127. The van der Waals surface area contributed by atoms with Crippen LogP contribution >= 0.6 is 22.6 Å². The molecule has 0 aliphatic heterocycles. The lowest BCUT2D eigenvalue weighted by Crippen LogP contribution is -2.05. The zero-order chi connectivity index (χ0) is 7.82. The predicted octanol–water partition coefficient (Wildman–Crippen LogP) is 0.779. The molecule has 0 aliphatic carbocycles. The molecule has 4 nitrogen and oxygen atoms in total. The Hall–Kier alpha value is -0.680. The van der Waals surface area contributed by atoms with E-state index in [4.69, 9.17) is 5.53 Å². The average Bonchev–Trinajstić information content (AvgIpc) is 1.89. The van der Waals surface area contributed by atoms with Gasteiger partial charge in [-0.05, 0) is 10.2 Å². The maximum atomic E-state index is 10.4. The Kier molecular flexibility index (Phi) is 6.00. The molecular formula is C5H5IN2O2. The first-order chi connectivity index (χ1) is 4.81. The van der Waals surface area contributed by atoms with Crippen LogP contribution in [0.2, 0.25) is 0 Å². The Morgan fingerprint density at radius 2 is 2.50 bits per heavy atom. The molecule has 0 fully saturated rings. The van der Waals surface area contributed by atoms with Crippen molar-refractivity contribution in [3.63, 3.8) is 0 Å². The highest BCUT2D eigenvalue weighted by molar-refractivity contribution is 14.1. The second-order valence-corrected chi connectivity index (χ2v) is 1.96. The molecule has 0 saturated carbocycles. The minimum Gasteiger partial charge on any atom is -0.453 e. The summed E-state index contributed by atoms with van der Waals surface area (Å²) in [6, 6.07) is 0.